The maximum Gasteiger partial charge on any atom is 0.399 e. The van der Waals surface area contributed by atoms with E-state index in [0.29, 0.717) is 6.61 Å². The van der Waals surface area contributed by atoms with Crippen molar-refractivity contribution < 1.29 is 55.6 Å². The van der Waals surface area contributed by atoms with Crippen molar-refractivity contribution in [1.29, 1.82) is 0 Å². The molecule has 48 heavy (non-hydrogen) atoms. The summed E-state index contributed by atoms with van der Waals surface area (Å²) in [4.78, 5) is 0. The molecule has 4 rings (SSSR count). The number of benzene rings is 3. The van der Waals surface area contributed by atoms with Gasteiger partial charge in [0.25, 0.3) is 0 Å². The van der Waals surface area contributed by atoms with Crippen LogP contribution in [-0.4, -0.2) is 70.3 Å². The van der Waals surface area contributed by atoms with Gasteiger partial charge in [-0.05, 0) is 30.5 Å². The second-order valence-corrected chi connectivity index (χ2v) is 13.1. The molecule has 0 unspecified atom stereocenters. The Bertz CT molecular complexity index is 1330. The van der Waals surface area contributed by atoms with Crippen molar-refractivity contribution in [2.24, 2.45) is 0 Å². The lowest BCUT2D eigenvalue weighted by Crippen LogP contribution is -2.57. The molecule has 10 nitrogen and oxygen atoms in total. The molecule has 0 spiro atoms. The predicted octanol–water partition coefficient (Wildman–Crippen LogP) is 7.31. The predicted molar refractivity (Wildman–Crippen MR) is 173 cm³/mol. The van der Waals surface area contributed by atoms with E-state index >= 15 is 8.78 Å². The van der Waals surface area contributed by atoms with Gasteiger partial charge >= 0.3 is 13.3 Å². The van der Waals surface area contributed by atoms with Crippen molar-refractivity contribution in [1.82, 2.24) is 0 Å². The molecule has 1 fully saturated rings. The fraction of sp³-hybridized carbons (Fsp3) is 0.486. The molecule has 0 aromatic heterocycles. The van der Waals surface area contributed by atoms with Crippen molar-refractivity contribution in [2.45, 2.75) is 70.2 Å². The lowest BCUT2D eigenvalue weighted by Gasteiger charge is -2.43. The first-order valence-electron chi connectivity index (χ1n) is 15.9. The maximum atomic E-state index is 15.7. The van der Waals surface area contributed by atoms with Crippen LogP contribution in [0.25, 0.3) is 0 Å². The van der Waals surface area contributed by atoms with Crippen LogP contribution in [0.15, 0.2) is 91.0 Å². The molecule has 0 bridgehead atoms. The highest BCUT2D eigenvalue weighted by Crippen LogP contribution is 2.64. The van der Waals surface area contributed by atoms with E-state index in [4.69, 9.17) is 42.2 Å². The molecule has 4 atom stereocenters. The number of ether oxygens (including phenoxy) is 7. The molecule has 0 N–H and O–H groups in total. The van der Waals surface area contributed by atoms with Crippen molar-refractivity contribution >= 4 is 7.60 Å². The highest BCUT2D eigenvalue weighted by Gasteiger charge is 2.57. The lowest BCUT2D eigenvalue weighted by molar-refractivity contribution is -0.280. The first kappa shape index (κ1) is 38.2. The van der Waals surface area contributed by atoms with Crippen LogP contribution < -0.4 is 0 Å². The monoisotopic (exact) mass is 694 g/mol. The van der Waals surface area contributed by atoms with E-state index < -0.39 is 44.1 Å². The zero-order valence-electron chi connectivity index (χ0n) is 27.3. The largest absolute Gasteiger partial charge is 0.399 e. The van der Waals surface area contributed by atoms with E-state index in [9.17, 15) is 4.57 Å². The van der Waals surface area contributed by atoms with Crippen LogP contribution in [0.3, 0.4) is 0 Å². The summed E-state index contributed by atoms with van der Waals surface area (Å²) in [6, 6.07) is 28.5. The van der Waals surface area contributed by atoms with Crippen LogP contribution in [0.5, 0.6) is 0 Å². The highest BCUT2D eigenvalue weighted by atomic mass is 31.2. The van der Waals surface area contributed by atoms with Crippen LogP contribution in [-0.2, 0) is 66.6 Å². The Kier molecular flexibility index (Phi) is 16.0. The summed E-state index contributed by atoms with van der Waals surface area (Å²) in [5, 5.41) is 0. The molecule has 3 aromatic rings. The van der Waals surface area contributed by atoms with E-state index in [2.05, 4.69) is 0 Å². The summed E-state index contributed by atoms with van der Waals surface area (Å²) >= 11 is 0. The summed E-state index contributed by atoms with van der Waals surface area (Å²) in [5.74, 6) is 0. The minimum atomic E-state index is -4.85. The fourth-order valence-electron chi connectivity index (χ4n) is 5.06. The number of rotatable bonds is 22. The molecule has 1 heterocycles. The third kappa shape index (κ3) is 11.8. The maximum absolute atomic E-state index is 15.7. The van der Waals surface area contributed by atoms with Crippen molar-refractivity contribution in [3.05, 3.63) is 108 Å². The molecule has 1 aliphatic heterocycles. The third-order valence-corrected chi connectivity index (χ3v) is 9.54. The molecule has 1 aliphatic rings. The molecule has 3 aromatic carbocycles. The van der Waals surface area contributed by atoms with Gasteiger partial charge in [0.15, 0.2) is 0 Å². The molecule has 264 valence electrons. The Labute approximate surface area is 281 Å². The topological polar surface area (TPSA) is 100 Å². The molecule has 13 heteroatoms. The number of hydrogen-bond acceptors (Lipinski definition) is 10. The van der Waals surface area contributed by atoms with E-state index in [1.807, 2.05) is 91.0 Å². The van der Waals surface area contributed by atoms with Gasteiger partial charge in [0.2, 0.25) is 0 Å². The molecular formula is C35H45F2O10P. The summed E-state index contributed by atoms with van der Waals surface area (Å²) < 4.78 is 96.1. The molecule has 0 saturated carbocycles. The summed E-state index contributed by atoms with van der Waals surface area (Å²) in [7, 11) is -4.85. The van der Waals surface area contributed by atoms with Gasteiger partial charge < -0.3 is 42.2 Å². The normalized spacial score (nSPS) is 20.2. The second kappa shape index (κ2) is 20.2. The highest BCUT2D eigenvalue weighted by molar-refractivity contribution is 7.55. The number of hydrogen-bond donors (Lipinski definition) is 0. The van der Waals surface area contributed by atoms with Gasteiger partial charge in [-0.25, -0.2) is 0 Å². The Hall–Kier alpha value is -2.61. The zero-order valence-corrected chi connectivity index (χ0v) is 28.2. The van der Waals surface area contributed by atoms with Gasteiger partial charge in [0.1, 0.15) is 38.7 Å². The first-order chi connectivity index (χ1) is 23.3. The minimum absolute atomic E-state index is 0.129. The van der Waals surface area contributed by atoms with Crippen LogP contribution in [0.2, 0.25) is 0 Å². The Morgan fingerprint density at radius 3 is 1.52 bits per heavy atom. The SMILES string of the molecule is CCOP(=O)(OCC)C(F)(F)C[C@H]1OC[C@H](OCOCc2ccccc2)[C@H](OCOCc2ccccc2)[C@@H]1OCOCc1ccccc1. The van der Waals surface area contributed by atoms with Gasteiger partial charge in [-0.15, -0.1) is 0 Å². The summed E-state index contributed by atoms with van der Waals surface area (Å²) in [6.45, 7) is 2.51. The molecule has 0 aliphatic carbocycles. The average Bonchev–Trinajstić information content (AvgIpc) is 3.09. The second-order valence-electron chi connectivity index (χ2n) is 10.9. The quantitative estimate of drug-likeness (QED) is 0.0605. The minimum Gasteiger partial charge on any atom is -0.372 e. The fourth-order valence-corrected chi connectivity index (χ4v) is 6.60. The Balaban J connectivity index is 1.50. The number of alkyl halides is 2. The standard InChI is InChI=1S/C35H45F2O10P/c1-3-46-48(38,47-4-2)35(36,37)20-31-33(44-26-40-22-29-16-10-6-11-17-29)34(45-27-41-23-30-18-12-7-13-19-30)32(24-42-31)43-25-39-21-28-14-8-5-9-15-28/h5-19,31-34H,3-4,20-27H2,1-2H3/t31-,32+,33-,34+/m1/s1. The lowest BCUT2D eigenvalue weighted by atomic mass is 9.97. The molecular weight excluding hydrogens is 649 g/mol. The van der Waals surface area contributed by atoms with E-state index in [0.717, 1.165) is 16.7 Å². The van der Waals surface area contributed by atoms with Crippen LogP contribution in [0.1, 0.15) is 37.0 Å². The molecule has 0 amide bonds. The van der Waals surface area contributed by atoms with E-state index in [-0.39, 0.29) is 53.4 Å². The van der Waals surface area contributed by atoms with Gasteiger partial charge in [0.05, 0.1) is 52.2 Å². The number of halogens is 2. The van der Waals surface area contributed by atoms with Crippen molar-refractivity contribution in [3.63, 3.8) is 0 Å². The third-order valence-electron chi connectivity index (χ3n) is 7.36. The van der Waals surface area contributed by atoms with Gasteiger partial charge in [-0.3, -0.25) is 4.57 Å². The van der Waals surface area contributed by atoms with E-state index in [1.54, 1.807) is 0 Å². The average molecular weight is 695 g/mol. The van der Waals surface area contributed by atoms with Crippen LogP contribution >= 0.6 is 7.60 Å². The Morgan fingerprint density at radius 2 is 1.08 bits per heavy atom. The smallest absolute Gasteiger partial charge is 0.372 e. The van der Waals surface area contributed by atoms with Gasteiger partial charge in [-0.1, -0.05) is 91.0 Å². The molecule has 1 saturated heterocycles. The van der Waals surface area contributed by atoms with Crippen molar-refractivity contribution in [2.75, 3.05) is 40.2 Å². The Morgan fingerprint density at radius 1 is 0.667 bits per heavy atom. The van der Waals surface area contributed by atoms with E-state index in [1.165, 1.54) is 13.8 Å². The van der Waals surface area contributed by atoms with Crippen molar-refractivity contribution in [3.8, 4) is 0 Å². The van der Waals surface area contributed by atoms with Crippen LogP contribution in [0.4, 0.5) is 8.78 Å². The van der Waals surface area contributed by atoms with Gasteiger partial charge in [0, 0.05) is 0 Å². The molecule has 0 radical (unpaired) electrons. The van der Waals surface area contributed by atoms with Crippen LogP contribution in [0, 0.1) is 0 Å². The van der Waals surface area contributed by atoms with Gasteiger partial charge in [-0.2, -0.15) is 8.78 Å². The summed E-state index contributed by atoms with van der Waals surface area (Å²) in [5.41, 5.74) is -1.12. The zero-order chi connectivity index (χ0) is 34.1. The first-order valence-corrected chi connectivity index (χ1v) is 17.5. The summed E-state index contributed by atoms with van der Waals surface area (Å²) in [6.07, 6.45) is -5.25.